The number of guanidine groups is 1. The van der Waals surface area contributed by atoms with Crippen molar-refractivity contribution >= 4 is 29.4 Å². The Balaban J connectivity index is 1.62. The van der Waals surface area contributed by atoms with Crippen molar-refractivity contribution in [1.82, 2.24) is 20.4 Å². The summed E-state index contributed by atoms with van der Waals surface area (Å²) in [5.74, 6) is 0.0966. The first-order chi connectivity index (χ1) is 15.1. The number of nitrogens with one attached hydrogen (secondary N) is 3. The third-order valence-corrected chi connectivity index (χ3v) is 7.22. The summed E-state index contributed by atoms with van der Waals surface area (Å²) in [6.07, 6.45) is 6.92. The van der Waals surface area contributed by atoms with Crippen LogP contribution in [0.4, 0.5) is 10.5 Å². The molecule has 1 aromatic rings. The number of fused-ring (bicyclic) bond motifs is 1. The fourth-order valence-corrected chi connectivity index (χ4v) is 4.00. The van der Waals surface area contributed by atoms with Crippen molar-refractivity contribution in [3.63, 3.8) is 0 Å². The van der Waals surface area contributed by atoms with E-state index in [0.717, 1.165) is 43.0 Å². The minimum atomic E-state index is -0.171. The van der Waals surface area contributed by atoms with Gasteiger partial charge in [0.2, 0.25) is 0 Å². The van der Waals surface area contributed by atoms with Crippen molar-refractivity contribution in [2.24, 2.45) is 5.73 Å². The minimum absolute atomic E-state index is 0.0388. The number of carbonyl (C=O) groups excluding carboxylic acids is 1. The largest absolute Gasteiger partial charge is 0.370 e. The molecule has 0 bridgehead atoms. The highest BCUT2D eigenvalue weighted by atomic mass is 32.2. The van der Waals surface area contributed by atoms with Crippen LogP contribution in [0.25, 0.3) is 0 Å². The zero-order valence-electron chi connectivity index (χ0n) is 19.6. The second kappa shape index (κ2) is 9.87. The molecule has 0 saturated heterocycles. The van der Waals surface area contributed by atoms with Crippen molar-refractivity contribution in [1.29, 1.82) is 5.41 Å². The number of hydrogen-bond donors (Lipinski definition) is 4. The highest BCUT2D eigenvalue weighted by molar-refractivity contribution is 8.00. The molecule has 0 spiro atoms. The van der Waals surface area contributed by atoms with E-state index in [2.05, 4.69) is 60.9 Å². The fourth-order valence-electron chi connectivity index (χ4n) is 3.66. The first-order valence-electron chi connectivity index (χ1n) is 10.8. The van der Waals surface area contributed by atoms with Crippen LogP contribution in [-0.4, -0.2) is 66.1 Å². The summed E-state index contributed by atoms with van der Waals surface area (Å²) in [6, 6.07) is 7.97. The number of nitrogens with zero attached hydrogens (tertiary/aromatic N) is 3. The molecule has 174 valence electrons. The van der Waals surface area contributed by atoms with E-state index >= 15 is 0 Å². The molecule has 0 aromatic heterocycles. The molecule has 1 atom stereocenters. The second-order valence-electron chi connectivity index (χ2n) is 8.86. The Labute approximate surface area is 195 Å². The number of amides is 2. The molecule has 1 aromatic carbocycles. The molecule has 0 radical (unpaired) electrons. The van der Waals surface area contributed by atoms with E-state index in [1.54, 1.807) is 21.6 Å². The van der Waals surface area contributed by atoms with Crippen LogP contribution in [0.2, 0.25) is 0 Å². The van der Waals surface area contributed by atoms with E-state index < -0.39 is 0 Å². The number of rotatable bonds is 9. The maximum atomic E-state index is 12.7. The number of benzene rings is 1. The van der Waals surface area contributed by atoms with Gasteiger partial charge in [-0.25, -0.2) is 4.79 Å². The smallest absolute Gasteiger partial charge is 0.327 e. The first-order valence-corrected chi connectivity index (χ1v) is 12.0. The molecule has 9 heteroatoms. The summed E-state index contributed by atoms with van der Waals surface area (Å²) in [5.41, 5.74) is 9.68. The molecule has 8 nitrogen and oxygen atoms in total. The van der Waals surface area contributed by atoms with E-state index in [4.69, 9.17) is 11.1 Å². The predicted octanol–water partition coefficient (Wildman–Crippen LogP) is 2.70. The number of nitrogens with two attached hydrogens (primary N) is 1. The van der Waals surface area contributed by atoms with Crippen LogP contribution in [0.15, 0.2) is 47.8 Å². The number of carbonyl (C=O) groups is 1. The van der Waals surface area contributed by atoms with Crippen LogP contribution in [0.3, 0.4) is 0 Å². The van der Waals surface area contributed by atoms with Crippen molar-refractivity contribution < 1.29 is 4.79 Å². The average Bonchev–Trinajstić information content (AvgIpc) is 3.17. The first kappa shape index (κ1) is 24.0. The van der Waals surface area contributed by atoms with Crippen LogP contribution < -0.4 is 21.3 Å². The van der Waals surface area contributed by atoms with Gasteiger partial charge in [-0.05, 0) is 63.9 Å². The molecule has 2 aliphatic heterocycles. The van der Waals surface area contributed by atoms with Gasteiger partial charge in [0.15, 0.2) is 5.96 Å². The summed E-state index contributed by atoms with van der Waals surface area (Å²) in [5, 5.41) is 13.9. The molecule has 1 unspecified atom stereocenters. The topological polar surface area (TPSA) is 101 Å². The molecule has 3 rings (SSSR count). The van der Waals surface area contributed by atoms with Gasteiger partial charge < -0.3 is 26.2 Å². The molecular weight excluding hydrogens is 422 g/mol. The van der Waals surface area contributed by atoms with Crippen molar-refractivity contribution in [2.75, 3.05) is 38.3 Å². The number of anilines is 1. The molecule has 0 fully saturated rings. The van der Waals surface area contributed by atoms with Gasteiger partial charge in [0, 0.05) is 42.4 Å². The van der Waals surface area contributed by atoms with Crippen LogP contribution in [-0.2, 0) is 6.54 Å². The molecule has 32 heavy (non-hydrogen) atoms. The molecular formula is C23H35N7OS. The Morgan fingerprint density at radius 3 is 2.53 bits per heavy atom. The Morgan fingerprint density at radius 2 is 1.91 bits per heavy atom. The lowest BCUT2D eigenvalue weighted by molar-refractivity contribution is 0.243. The van der Waals surface area contributed by atoms with E-state index in [-0.39, 0.29) is 22.9 Å². The third-order valence-electron chi connectivity index (χ3n) is 5.98. The van der Waals surface area contributed by atoms with Crippen LogP contribution >= 0.6 is 11.8 Å². The monoisotopic (exact) mass is 457 g/mol. The lowest BCUT2D eigenvalue weighted by atomic mass is 10.1. The SMILES string of the molecule is CSC(C)(C)C1=CC2=CN(c3ccc(CN(C)CCCN(C)C(=N)N)cc3)C(=O)NC2N1. The standard InChI is InChI=1S/C23H35N7OS/c1-23(2,32-5)19-13-17-15-30(22(31)27-20(17)26-19)18-9-7-16(8-10-18)14-28(3)11-6-12-29(4)21(24)25/h7-10,13,15,20,26H,6,11-12,14H2,1-5H3,(H3,24,25)(H,27,31). The van der Waals surface area contributed by atoms with E-state index in [1.807, 2.05) is 25.4 Å². The molecule has 0 aliphatic carbocycles. The van der Waals surface area contributed by atoms with Crippen molar-refractivity contribution in [3.8, 4) is 0 Å². The fraction of sp³-hybridized carbons (Fsp3) is 0.478. The summed E-state index contributed by atoms with van der Waals surface area (Å²) in [7, 11) is 3.91. The lowest BCUT2D eigenvalue weighted by Crippen LogP contribution is -2.52. The molecule has 5 N–H and O–H groups in total. The van der Waals surface area contributed by atoms with Crippen molar-refractivity contribution in [3.05, 3.63) is 53.4 Å². The second-order valence-corrected chi connectivity index (χ2v) is 10.3. The quantitative estimate of drug-likeness (QED) is 0.336. The minimum Gasteiger partial charge on any atom is -0.370 e. The van der Waals surface area contributed by atoms with E-state index in [9.17, 15) is 4.79 Å². The maximum Gasteiger partial charge on any atom is 0.327 e. The van der Waals surface area contributed by atoms with Crippen LogP contribution in [0.1, 0.15) is 25.8 Å². The number of thioether (sulfide) groups is 1. The number of hydrogen-bond acceptors (Lipinski definition) is 5. The zero-order valence-corrected chi connectivity index (χ0v) is 20.4. The van der Waals surface area contributed by atoms with Gasteiger partial charge >= 0.3 is 6.03 Å². The van der Waals surface area contributed by atoms with Gasteiger partial charge in [-0.2, -0.15) is 11.8 Å². The Kier molecular flexibility index (Phi) is 7.40. The van der Waals surface area contributed by atoms with Gasteiger partial charge in [-0.3, -0.25) is 10.3 Å². The number of urea groups is 1. The average molecular weight is 458 g/mol. The molecule has 2 heterocycles. The zero-order chi connectivity index (χ0) is 23.5. The predicted molar refractivity (Wildman–Crippen MR) is 134 cm³/mol. The summed E-state index contributed by atoms with van der Waals surface area (Å²) < 4.78 is -0.0388. The van der Waals surface area contributed by atoms with Crippen LogP contribution in [0, 0.1) is 5.41 Å². The van der Waals surface area contributed by atoms with Gasteiger partial charge in [0.25, 0.3) is 0 Å². The normalized spacial score (nSPS) is 18.0. The van der Waals surface area contributed by atoms with Gasteiger partial charge in [0.1, 0.15) is 6.17 Å². The van der Waals surface area contributed by atoms with Gasteiger partial charge in [-0.1, -0.05) is 12.1 Å². The van der Waals surface area contributed by atoms with Crippen LogP contribution in [0.5, 0.6) is 0 Å². The summed E-state index contributed by atoms with van der Waals surface area (Å²) in [4.78, 5) is 18.4. The Morgan fingerprint density at radius 1 is 1.22 bits per heavy atom. The third kappa shape index (κ3) is 5.58. The van der Waals surface area contributed by atoms with Gasteiger partial charge in [-0.15, -0.1) is 0 Å². The molecule has 0 saturated carbocycles. The van der Waals surface area contributed by atoms with E-state index in [1.165, 1.54) is 5.56 Å². The van der Waals surface area contributed by atoms with E-state index in [0.29, 0.717) is 0 Å². The molecule has 2 amide bonds. The Bertz CT molecular complexity index is 909. The summed E-state index contributed by atoms with van der Waals surface area (Å²) >= 11 is 1.78. The highest BCUT2D eigenvalue weighted by Gasteiger charge is 2.35. The lowest BCUT2D eigenvalue weighted by Gasteiger charge is -2.30. The maximum absolute atomic E-state index is 12.7. The van der Waals surface area contributed by atoms with Gasteiger partial charge in [0.05, 0.1) is 5.69 Å². The summed E-state index contributed by atoms with van der Waals surface area (Å²) in [6.45, 7) is 6.84. The highest BCUT2D eigenvalue weighted by Crippen LogP contribution is 2.34. The molecule has 2 aliphatic rings. The Hall–Kier alpha value is -2.65. The van der Waals surface area contributed by atoms with Crippen molar-refractivity contribution in [2.45, 2.75) is 37.7 Å².